The molecule has 0 aromatic carbocycles. The van der Waals surface area contributed by atoms with Gasteiger partial charge in [0, 0.05) is 12.1 Å². The lowest BCUT2D eigenvalue weighted by Gasteiger charge is -2.43. The summed E-state index contributed by atoms with van der Waals surface area (Å²) in [6.07, 6.45) is 5.81. The molecule has 6 nitrogen and oxygen atoms in total. The van der Waals surface area contributed by atoms with Crippen molar-refractivity contribution in [3.8, 4) is 0 Å². The van der Waals surface area contributed by atoms with Crippen molar-refractivity contribution in [2.24, 2.45) is 11.8 Å². The number of amides is 1. The second-order valence-electron chi connectivity index (χ2n) is 8.54. The van der Waals surface area contributed by atoms with Crippen LogP contribution in [0.25, 0.3) is 0 Å². The number of hydrogen-bond donors (Lipinski definition) is 1. The van der Waals surface area contributed by atoms with E-state index in [-0.39, 0.29) is 41.5 Å². The van der Waals surface area contributed by atoms with Gasteiger partial charge in [-0.1, -0.05) is 38.5 Å². The van der Waals surface area contributed by atoms with Gasteiger partial charge in [0.15, 0.2) is 0 Å². The quantitative estimate of drug-likeness (QED) is 0.567. The molecular weight excluding hydrogens is 344 g/mol. The summed E-state index contributed by atoms with van der Waals surface area (Å²) in [6.45, 7) is 14.5. The number of methoxy groups -OCH3 is 1. The van der Waals surface area contributed by atoms with Gasteiger partial charge in [-0.3, -0.25) is 14.5 Å². The van der Waals surface area contributed by atoms with Crippen molar-refractivity contribution < 1.29 is 19.1 Å². The summed E-state index contributed by atoms with van der Waals surface area (Å²) in [6, 6.07) is -0.610. The lowest BCUT2D eigenvalue weighted by atomic mass is 9.86. The first kappa shape index (κ1) is 21.6. The third-order valence-corrected chi connectivity index (χ3v) is 5.41. The Morgan fingerprint density at radius 2 is 2.11 bits per heavy atom. The summed E-state index contributed by atoms with van der Waals surface area (Å²) >= 11 is 0. The van der Waals surface area contributed by atoms with Crippen LogP contribution >= 0.6 is 0 Å². The zero-order valence-corrected chi connectivity index (χ0v) is 17.4. The van der Waals surface area contributed by atoms with E-state index >= 15 is 0 Å². The normalized spacial score (nSPS) is 30.3. The highest BCUT2D eigenvalue weighted by atomic mass is 16.5. The minimum Gasteiger partial charge on any atom is -0.469 e. The Morgan fingerprint density at radius 3 is 2.63 bits per heavy atom. The van der Waals surface area contributed by atoms with E-state index in [1.54, 1.807) is 6.08 Å². The van der Waals surface area contributed by atoms with Crippen LogP contribution in [0.3, 0.4) is 0 Å². The van der Waals surface area contributed by atoms with Crippen molar-refractivity contribution in [3.63, 3.8) is 0 Å². The molecule has 27 heavy (non-hydrogen) atoms. The van der Waals surface area contributed by atoms with Gasteiger partial charge in [-0.15, -0.1) is 6.58 Å². The van der Waals surface area contributed by atoms with Gasteiger partial charge in [-0.25, -0.2) is 0 Å². The van der Waals surface area contributed by atoms with Crippen molar-refractivity contribution in [2.45, 2.75) is 70.9 Å². The van der Waals surface area contributed by atoms with Gasteiger partial charge in [0.25, 0.3) is 0 Å². The van der Waals surface area contributed by atoms with Crippen molar-refractivity contribution in [1.82, 2.24) is 10.2 Å². The molecule has 0 radical (unpaired) electrons. The second kappa shape index (κ2) is 8.57. The van der Waals surface area contributed by atoms with Crippen LogP contribution in [-0.2, 0) is 19.1 Å². The molecule has 6 heteroatoms. The number of hydrogen-bond acceptors (Lipinski definition) is 5. The van der Waals surface area contributed by atoms with Crippen molar-refractivity contribution in [2.75, 3.05) is 13.7 Å². The van der Waals surface area contributed by atoms with Crippen LogP contribution in [0.1, 0.15) is 41.0 Å². The van der Waals surface area contributed by atoms with E-state index in [0.717, 1.165) is 6.42 Å². The van der Waals surface area contributed by atoms with Gasteiger partial charge in [0.05, 0.1) is 31.4 Å². The number of nitrogens with zero attached hydrogens (tertiary/aromatic N) is 1. The van der Waals surface area contributed by atoms with Crippen LogP contribution in [0.2, 0.25) is 0 Å². The molecule has 0 saturated carbocycles. The highest BCUT2D eigenvalue weighted by Gasteiger charge is 2.53. The van der Waals surface area contributed by atoms with E-state index in [1.165, 1.54) is 7.11 Å². The van der Waals surface area contributed by atoms with Crippen molar-refractivity contribution in [3.05, 3.63) is 24.8 Å². The van der Waals surface area contributed by atoms with E-state index in [1.807, 2.05) is 32.9 Å². The summed E-state index contributed by atoms with van der Waals surface area (Å²) in [5.74, 6) is -0.722. The van der Waals surface area contributed by atoms with Crippen LogP contribution in [0, 0.1) is 11.8 Å². The van der Waals surface area contributed by atoms with Crippen LogP contribution < -0.4 is 5.32 Å². The van der Waals surface area contributed by atoms with E-state index in [2.05, 4.69) is 30.6 Å². The number of carbonyl (C=O) groups excluding carboxylic acids is 2. The topological polar surface area (TPSA) is 67.9 Å². The van der Waals surface area contributed by atoms with Crippen molar-refractivity contribution in [1.29, 1.82) is 0 Å². The predicted octanol–water partition coefficient (Wildman–Crippen LogP) is 2.30. The highest BCUT2D eigenvalue weighted by molar-refractivity contribution is 5.83. The molecule has 0 aliphatic carbocycles. The molecule has 1 unspecified atom stereocenters. The lowest BCUT2D eigenvalue weighted by molar-refractivity contribution is -0.149. The number of ether oxygens (including phenoxy) is 2. The Balaban J connectivity index is 2.41. The zero-order chi connectivity index (χ0) is 20.4. The number of rotatable bonds is 6. The Labute approximate surface area is 163 Å². The average molecular weight is 379 g/mol. The molecular formula is C21H34N2O4. The summed E-state index contributed by atoms with van der Waals surface area (Å²) in [5.41, 5.74) is -0.328. The van der Waals surface area contributed by atoms with E-state index < -0.39 is 12.0 Å². The van der Waals surface area contributed by atoms with Gasteiger partial charge >= 0.3 is 5.97 Å². The first-order valence-electron chi connectivity index (χ1n) is 9.74. The lowest BCUT2D eigenvalue weighted by Crippen LogP contribution is -2.61. The Morgan fingerprint density at radius 1 is 1.44 bits per heavy atom. The molecule has 1 N–H and O–H groups in total. The Bertz CT molecular complexity index is 595. The fourth-order valence-electron chi connectivity index (χ4n) is 4.05. The van der Waals surface area contributed by atoms with Gasteiger partial charge in [0.2, 0.25) is 5.91 Å². The molecule has 0 spiro atoms. The van der Waals surface area contributed by atoms with Crippen LogP contribution in [0.15, 0.2) is 24.8 Å². The fourth-order valence-corrected chi connectivity index (χ4v) is 4.05. The third kappa shape index (κ3) is 4.61. The first-order chi connectivity index (χ1) is 12.6. The van der Waals surface area contributed by atoms with Gasteiger partial charge in [-0.05, 0) is 26.7 Å². The van der Waals surface area contributed by atoms with E-state index in [9.17, 15) is 9.59 Å². The van der Waals surface area contributed by atoms with Gasteiger partial charge < -0.3 is 14.8 Å². The molecule has 2 rings (SSSR count). The molecule has 1 saturated heterocycles. The summed E-state index contributed by atoms with van der Waals surface area (Å²) in [5, 5.41) is 3.11. The molecule has 152 valence electrons. The highest BCUT2D eigenvalue weighted by Crippen LogP contribution is 2.37. The SMILES string of the molecule is C=C[C@H]1O[C@H]2C=CCN([C@@H](C(=O)NC(C)(C)C)C(C)CC)[C@H]2[C@@H]1C(=O)OC. The van der Waals surface area contributed by atoms with Crippen molar-refractivity contribution >= 4 is 11.9 Å². The molecule has 2 heterocycles. The minimum absolute atomic E-state index is 0.0171. The number of nitrogens with one attached hydrogen (secondary N) is 1. The molecule has 6 atom stereocenters. The first-order valence-corrected chi connectivity index (χ1v) is 9.74. The molecule has 1 fully saturated rings. The molecule has 0 bridgehead atoms. The smallest absolute Gasteiger partial charge is 0.313 e. The maximum atomic E-state index is 13.2. The maximum Gasteiger partial charge on any atom is 0.313 e. The van der Waals surface area contributed by atoms with Gasteiger partial charge in [-0.2, -0.15) is 0 Å². The summed E-state index contributed by atoms with van der Waals surface area (Å²) < 4.78 is 11.1. The third-order valence-electron chi connectivity index (χ3n) is 5.41. The average Bonchev–Trinajstić information content (AvgIpc) is 2.98. The Hall–Kier alpha value is -1.66. The maximum absolute atomic E-state index is 13.2. The molecule has 0 aromatic rings. The Kier molecular flexibility index (Phi) is 6.87. The van der Waals surface area contributed by atoms with E-state index in [4.69, 9.17) is 9.47 Å². The molecule has 2 aliphatic rings. The summed E-state index contributed by atoms with van der Waals surface area (Å²) in [4.78, 5) is 27.8. The van der Waals surface area contributed by atoms with Crippen LogP contribution in [0.5, 0.6) is 0 Å². The molecule has 0 aromatic heterocycles. The molecule has 2 aliphatic heterocycles. The largest absolute Gasteiger partial charge is 0.469 e. The van der Waals surface area contributed by atoms with E-state index in [0.29, 0.717) is 6.54 Å². The van der Waals surface area contributed by atoms with Gasteiger partial charge in [0.1, 0.15) is 5.92 Å². The minimum atomic E-state index is -0.503. The standard InChI is InChI=1S/C21H34N2O4/c1-8-13(3)17(19(24)22-21(4,5)6)23-12-10-11-15-18(23)16(20(25)26-7)14(9-2)27-15/h9-11,13-18H,2,8,12H2,1,3-7H3,(H,22,24)/t13?,14-,15+,16-,17-,18-/m1/s1. The van der Waals surface area contributed by atoms with Crippen LogP contribution in [0.4, 0.5) is 0 Å². The second-order valence-corrected chi connectivity index (χ2v) is 8.54. The monoisotopic (exact) mass is 378 g/mol. The number of esters is 1. The van der Waals surface area contributed by atoms with Crippen LogP contribution in [-0.4, -0.2) is 60.3 Å². The number of fused-ring (bicyclic) bond motifs is 1. The molecule has 1 amide bonds. The summed E-state index contributed by atoms with van der Waals surface area (Å²) in [7, 11) is 1.39. The number of carbonyl (C=O) groups is 2. The fraction of sp³-hybridized carbons (Fsp3) is 0.714. The zero-order valence-electron chi connectivity index (χ0n) is 17.4. The predicted molar refractivity (Wildman–Crippen MR) is 105 cm³/mol.